The lowest BCUT2D eigenvalue weighted by atomic mass is 9.96. The Morgan fingerprint density at radius 1 is 1.00 bits per heavy atom. The first-order valence-electron chi connectivity index (χ1n) is 8.97. The van der Waals surface area contributed by atoms with Crippen molar-refractivity contribution in [2.24, 2.45) is 0 Å². The summed E-state index contributed by atoms with van der Waals surface area (Å²) in [4.78, 5) is 23.6. The second-order valence-electron chi connectivity index (χ2n) is 6.64. The van der Waals surface area contributed by atoms with Crippen molar-refractivity contribution in [3.05, 3.63) is 70.8 Å². The molecule has 1 heterocycles. The maximum Gasteiger partial charge on any atom is 0.328 e. The van der Waals surface area contributed by atoms with Gasteiger partial charge in [-0.1, -0.05) is 29.4 Å². The Balaban J connectivity index is 0.000000343. The molecular weight excluding hydrogens is 426 g/mol. The van der Waals surface area contributed by atoms with Gasteiger partial charge in [-0.25, -0.2) is 9.59 Å². The highest BCUT2D eigenvalue weighted by Gasteiger charge is 2.21. The zero-order chi connectivity index (χ0) is 22.3. The summed E-state index contributed by atoms with van der Waals surface area (Å²) in [5.41, 5.74) is 3.39. The number of hydrogen-bond acceptors (Lipinski definition) is 5. The number of aromatic hydroxyl groups is 1. The molecule has 0 aliphatic carbocycles. The van der Waals surface area contributed by atoms with E-state index in [-0.39, 0.29) is 0 Å². The van der Waals surface area contributed by atoms with E-state index in [0.29, 0.717) is 17.9 Å². The molecule has 0 amide bonds. The number of carbonyl (C=O) groups is 2. The number of halogens is 1. The molecule has 30 heavy (non-hydrogen) atoms. The SMILES string of the molecule is CN(C)CC/C=C1/c2cc(O)ccc2Sc2ccc(Cl)cc21.O=C(O)/C=C/C(=O)O. The zero-order valence-corrected chi connectivity index (χ0v) is 18.1. The number of fused-ring (bicyclic) bond motifs is 2. The maximum absolute atomic E-state index is 9.85. The van der Waals surface area contributed by atoms with Crippen LogP contribution in [-0.4, -0.2) is 52.8 Å². The van der Waals surface area contributed by atoms with E-state index in [4.69, 9.17) is 21.8 Å². The lowest BCUT2D eigenvalue weighted by Gasteiger charge is -2.23. The van der Waals surface area contributed by atoms with E-state index in [1.165, 1.54) is 9.79 Å². The van der Waals surface area contributed by atoms with Gasteiger partial charge in [0.25, 0.3) is 0 Å². The second-order valence-corrected chi connectivity index (χ2v) is 8.16. The summed E-state index contributed by atoms with van der Waals surface area (Å²) in [6, 6.07) is 11.6. The Hall–Kier alpha value is -2.74. The van der Waals surface area contributed by atoms with Crippen molar-refractivity contribution >= 4 is 40.9 Å². The predicted molar refractivity (Wildman–Crippen MR) is 118 cm³/mol. The van der Waals surface area contributed by atoms with Crippen LogP contribution in [0.25, 0.3) is 5.57 Å². The topological polar surface area (TPSA) is 98.1 Å². The van der Waals surface area contributed by atoms with Crippen LogP contribution in [0.3, 0.4) is 0 Å². The molecule has 0 radical (unpaired) electrons. The lowest BCUT2D eigenvalue weighted by Crippen LogP contribution is -2.12. The maximum atomic E-state index is 9.85. The molecule has 0 bridgehead atoms. The standard InChI is InChI=1S/C18H18ClNOS.C4H4O4/c1-20(2)9-3-4-14-15-10-12(19)5-7-17(15)22-18-8-6-13(21)11-16(14)18;5-3(6)1-2-4(7)8/h4-8,10-11,21H,3,9H2,1-2H3;1-2H,(H,5,6)(H,7,8)/b14-4+;2-1+. The Bertz CT molecular complexity index is 932. The first-order valence-corrected chi connectivity index (χ1v) is 10.2. The highest BCUT2D eigenvalue weighted by atomic mass is 35.5. The highest BCUT2D eigenvalue weighted by Crippen LogP contribution is 2.47. The molecule has 3 rings (SSSR count). The van der Waals surface area contributed by atoms with E-state index >= 15 is 0 Å². The fraction of sp³-hybridized carbons (Fsp3) is 0.182. The smallest absolute Gasteiger partial charge is 0.328 e. The number of carboxylic acid groups (broad SMARTS) is 2. The van der Waals surface area contributed by atoms with E-state index < -0.39 is 11.9 Å². The van der Waals surface area contributed by atoms with E-state index in [1.54, 1.807) is 17.8 Å². The van der Waals surface area contributed by atoms with Crippen LogP contribution in [0.4, 0.5) is 0 Å². The van der Waals surface area contributed by atoms with Gasteiger partial charge in [-0.3, -0.25) is 0 Å². The number of nitrogens with zero attached hydrogens (tertiary/aromatic N) is 1. The van der Waals surface area contributed by atoms with Crippen molar-refractivity contribution < 1.29 is 24.9 Å². The second kappa shape index (κ2) is 10.9. The molecule has 2 aromatic rings. The number of benzene rings is 2. The summed E-state index contributed by atoms with van der Waals surface area (Å²) in [7, 11) is 4.14. The van der Waals surface area contributed by atoms with Gasteiger partial charge in [0.1, 0.15) is 5.75 Å². The van der Waals surface area contributed by atoms with Crippen molar-refractivity contribution in [1.82, 2.24) is 4.90 Å². The fourth-order valence-corrected chi connectivity index (χ4v) is 3.95. The largest absolute Gasteiger partial charge is 0.508 e. The Morgan fingerprint density at radius 3 is 2.13 bits per heavy atom. The first kappa shape index (κ1) is 23.5. The van der Waals surface area contributed by atoms with Crippen LogP contribution in [-0.2, 0) is 9.59 Å². The minimum absolute atomic E-state index is 0.295. The molecule has 6 nitrogen and oxygen atoms in total. The average Bonchev–Trinajstić information content (AvgIpc) is 2.67. The van der Waals surface area contributed by atoms with Gasteiger partial charge in [0.15, 0.2) is 0 Å². The van der Waals surface area contributed by atoms with Crippen LogP contribution in [0.5, 0.6) is 5.75 Å². The molecule has 0 atom stereocenters. The first-order chi connectivity index (χ1) is 14.2. The van der Waals surface area contributed by atoms with Crippen molar-refractivity contribution in [3.63, 3.8) is 0 Å². The quantitative estimate of drug-likeness (QED) is 0.491. The van der Waals surface area contributed by atoms with Gasteiger partial charge in [0.2, 0.25) is 0 Å². The molecule has 0 aromatic heterocycles. The molecule has 1 aliphatic heterocycles. The van der Waals surface area contributed by atoms with Crippen LogP contribution < -0.4 is 0 Å². The third-order valence-electron chi connectivity index (χ3n) is 4.00. The molecule has 0 fully saturated rings. The number of carboxylic acids is 2. The normalized spacial score (nSPS) is 13.5. The van der Waals surface area contributed by atoms with E-state index in [1.807, 2.05) is 24.3 Å². The third-order valence-corrected chi connectivity index (χ3v) is 5.39. The number of phenolic OH excluding ortho intramolecular Hbond substituents is 1. The molecule has 0 spiro atoms. The number of phenols is 1. The van der Waals surface area contributed by atoms with Crippen molar-refractivity contribution in [2.45, 2.75) is 16.2 Å². The van der Waals surface area contributed by atoms with Crippen LogP contribution in [0, 0.1) is 0 Å². The Kier molecular flexibility index (Phi) is 8.53. The molecule has 3 N–H and O–H groups in total. The van der Waals surface area contributed by atoms with E-state index in [0.717, 1.165) is 34.7 Å². The summed E-state index contributed by atoms with van der Waals surface area (Å²) in [5.74, 6) is -2.22. The van der Waals surface area contributed by atoms with Crippen molar-refractivity contribution in [2.75, 3.05) is 20.6 Å². The minimum atomic E-state index is -1.26. The Labute approximate surface area is 184 Å². The van der Waals surface area contributed by atoms with Crippen molar-refractivity contribution in [3.8, 4) is 5.75 Å². The summed E-state index contributed by atoms with van der Waals surface area (Å²) in [5, 5.41) is 26.2. The minimum Gasteiger partial charge on any atom is -0.508 e. The Morgan fingerprint density at radius 2 is 1.57 bits per heavy atom. The highest BCUT2D eigenvalue weighted by molar-refractivity contribution is 7.99. The van der Waals surface area contributed by atoms with Gasteiger partial charge in [0, 0.05) is 33.5 Å². The molecule has 0 saturated carbocycles. The molecular formula is C22H22ClNO5S. The molecule has 0 unspecified atom stereocenters. The van der Waals surface area contributed by atoms with Gasteiger partial charge in [-0.15, -0.1) is 0 Å². The predicted octanol–water partition coefficient (Wildman–Crippen LogP) is 4.61. The van der Waals surface area contributed by atoms with Gasteiger partial charge < -0.3 is 20.2 Å². The zero-order valence-electron chi connectivity index (χ0n) is 16.5. The van der Waals surface area contributed by atoms with E-state index in [9.17, 15) is 14.7 Å². The summed E-state index contributed by atoms with van der Waals surface area (Å²) in [6.07, 6.45) is 4.31. The number of aliphatic carboxylic acids is 2. The fourth-order valence-electron chi connectivity index (χ4n) is 2.71. The average molecular weight is 448 g/mol. The van der Waals surface area contributed by atoms with Gasteiger partial charge in [-0.2, -0.15) is 0 Å². The third kappa shape index (κ3) is 6.95. The summed E-state index contributed by atoms with van der Waals surface area (Å²) in [6.45, 7) is 0.987. The number of rotatable bonds is 5. The van der Waals surface area contributed by atoms with Crippen LogP contribution in [0.1, 0.15) is 17.5 Å². The van der Waals surface area contributed by atoms with Crippen LogP contribution >= 0.6 is 23.4 Å². The van der Waals surface area contributed by atoms with E-state index in [2.05, 4.69) is 31.1 Å². The van der Waals surface area contributed by atoms with Gasteiger partial charge in [0.05, 0.1) is 0 Å². The molecule has 1 aliphatic rings. The summed E-state index contributed by atoms with van der Waals surface area (Å²) >= 11 is 7.91. The lowest BCUT2D eigenvalue weighted by molar-refractivity contribution is -0.134. The molecule has 0 saturated heterocycles. The monoisotopic (exact) mass is 447 g/mol. The van der Waals surface area contributed by atoms with Crippen molar-refractivity contribution in [1.29, 1.82) is 0 Å². The molecule has 2 aromatic carbocycles. The van der Waals surface area contributed by atoms with Gasteiger partial charge in [-0.05, 0) is 73.6 Å². The summed E-state index contributed by atoms with van der Waals surface area (Å²) < 4.78 is 0. The van der Waals surface area contributed by atoms with Crippen LogP contribution in [0.15, 0.2) is 64.4 Å². The van der Waals surface area contributed by atoms with Gasteiger partial charge >= 0.3 is 11.9 Å². The molecule has 8 heteroatoms. The number of hydrogen-bond donors (Lipinski definition) is 3. The molecule has 158 valence electrons. The van der Waals surface area contributed by atoms with Crippen LogP contribution in [0.2, 0.25) is 5.02 Å².